The number of alkyl halides is 1. The molecule has 1 unspecified atom stereocenters. The number of likely N-dealkylation sites (tertiary alicyclic amines) is 3. The maximum atomic E-state index is 16.4. The number of nitrogens with zero attached hydrogens (tertiary/aromatic N) is 5. The molecule has 13 heteroatoms. The van der Waals surface area contributed by atoms with Gasteiger partial charge in [0.1, 0.15) is 22.9 Å². The van der Waals surface area contributed by atoms with Gasteiger partial charge in [0.15, 0.2) is 0 Å². The second-order valence-electron chi connectivity index (χ2n) is 16.5. The molecule has 4 fully saturated rings. The van der Waals surface area contributed by atoms with E-state index in [1.807, 2.05) is 25.4 Å². The number of hydrogen-bond acceptors (Lipinski definition) is 9. The molecule has 5 heterocycles. The summed E-state index contributed by atoms with van der Waals surface area (Å²) in [6.07, 6.45) is 12.8. The number of carbonyl (C=O) groups is 1. The molecular formula is C44H55ClFN9O2. The number of fused-ring (bicyclic) bond motifs is 1. The molecule has 2 aromatic heterocycles. The van der Waals surface area contributed by atoms with Crippen LogP contribution < -0.4 is 22.5 Å². The van der Waals surface area contributed by atoms with Gasteiger partial charge >= 0.3 is 0 Å². The number of amides is 1. The molecule has 1 amide bonds. The number of nitrogens with two attached hydrogens (primary N) is 3. The molecule has 4 aliphatic rings. The van der Waals surface area contributed by atoms with Crippen LogP contribution in [0.25, 0.3) is 16.7 Å². The van der Waals surface area contributed by atoms with Crippen molar-refractivity contribution in [1.82, 2.24) is 24.3 Å². The van der Waals surface area contributed by atoms with Crippen LogP contribution in [0.2, 0.25) is 5.02 Å². The maximum Gasteiger partial charge on any atom is 0.253 e. The van der Waals surface area contributed by atoms with Crippen LogP contribution in [0.5, 0.6) is 5.75 Å². The molecule has 0 spiro atoms. The number of phenols is 1. The minimum Gasteiger partial charge on any atom is -0.507 e. The van der Waals surface area contributed by atoms with Crippen LogP contribution in [-0.2, 0) is 0 Å². The summed E-state index contributed by atoms with van der Waals surface area (Å²) in [5.74, 6) is 0.795. The van der Waals surface area contributed by atoms with E-state index in [9.17, 15) is 9.90 Å². The molecule has 1 aliphatic carbocycles. The third-order valence-corrected chi connectivity index (χ3v) is 13.0. The number of carbonyl (C=O) groups excluding carboxylic acids is 1. The average molecular weight is 796 g/mol. The molecule has 0 radical (unpaired) electrons. The van der Waals surface area contributed by atoms with E-state index in [0.29, 0.717) is 78.5 Å². The highest BCUT2D eigenvalue weighted by atomic mass is 35.5. The fraction of sp³-hybridized carbons (Fsp3) is 0.455. The summed E-state index contributed by atoms with van der Waals surface area (Å²) in [6.45, 7) is 4.16. The largest absolute Gasteiger partial charge is 0.507 e. The summed E-state index contributed by atoms with van der Waals surface area (Å²) < 4.78 is 18.8. The molecular weight excluding hydrogens is 741 g/mol. The molecule has 0 bridgehead atoms. The molecule has 3 aliphatic heterocycles. The third-order valence-electron chi connectivity index (χ3n) is 12.7. The second kappa shape index (κ2) is 16.1. The van der Waals surface area contributed by atoms with Gasteiger partial charge in [-0.1, -0.05) is 29.8 Å². The normalized spacial score (nSPS) is 20.8. The number of hydrogen-bond donors (Lipinski definition) is 5. The Morgan fingerprint density at radius 3 is 2.40 bits per heavy atom. The standard InChI is InChI=1S/C44H55ClFN9O2/c1-50-31-22-35-36(28-8-9-28)26-55(42(35)51-24-31)32-12-17-52(18-13-32)27-44(46)14-19-53(20-15-44)43(57)29-10-11-33(37(45)21-29)30-5-4-16-54(25-30)39(41(48)49)23-38(47)34-6-2-3-7-40(34)56/h2-3,6-7,10-11,21-24,26,28,30,32,50,56H,4-5,8-9,12-20,25,27,47-49H2,1H3/b38-23-. The van der Waals surface area contributed by atoms with E-state index in [1.165, 1.54) is 23.8 Å². The zero-order valence-electron chi connectivity index (χ0n) is 32.8. The number of anilines is 1. The van der Waals surface area contributed by atoms with Crippen LogP contribution in [0.3, 0.4) is 0 Å². The zero-order valence-corrected chi connectivity index (χ0v) is 33.5. The molecule has 3 saturated heterocycles. The van der Waals surface area contributed by atoms with Crippen molar-refractivity contribution in [3.05, 3.63) is 106 Å². The summed E-state index contributed by atoms with van der Waals surface area (Å²) in [6, 6.07) is 15.0. The lowest BCUT2D eigenvalue weighted by atomic mass is 9.89. The number of halogens is 2. The van der Waals surface area contributed by atoms with E-state index in [4.69, 9.17) is 33.8 Å². The monoisotopic (exact) mass is 795 g/mol. The van der Waals surface area contributed by atoms with E-state index >= 15 is 4.39 Å². The van der Waals surface area contributed by atoms with E-state index in [-0.39, 0.29) is 23.4 Å². The van der Waals surface area contributed by atoms with Gasteiger partial charge in [0.25, 0.3) is 5.91 Å². The number of aromatic hydroxyl groups is 1. The van der Waals surface area contributed by atoms with Gasteiger partial charge in [0.2, 0.25) is 0 Å². The quantitative estimate of drug-likeness (QED) is 0.108. The first-order valence-corrected chi connectivity index (χ1v) is 20.8. The Bertz CT molecular complexity index is 2180. The summed E-state index contributed by atoms with van der Waals surface area (Å²) >= 11 is 6.90. The smallest absolute Gasteiger partial charge is 0.253 e. The topological polar surface area (TPSA) is 155 Å². The van der Waals surface area contributed by atoms with Crippen LogP contribution in [-0.4, -0.2) is 93.8 Å². The number of benzene rings is 2. The van der Waals surface area contributed by atoms with Crippen LogP contribution in [0, 0.1) is 0 Å². The lowest BCUT2D eigenvalue weighted by Crippen LogP contribution is -2.51. The molecule has 8 N–H and O–H groups in total. The van der Waals surface area contributed by atoms with Crippen molar-refractivity contribution in [1.29, 1.82) is 0 Å². The minimum atomic E-state index is -1.33. The van der Waals surface area contributed by atoms with Crippen molar-refractivity contribution in [2.24, 2.45) is 17.2 Å². The fourth-order valence-electron chi connectivity index (χ4n) is 9.24. The Kier molecular flexibility index (Phi) is 11.0. The predicted octanol–water partition coefficient (Wildman–Crippen LogP) is 6.86. The summed E-state index contributed by atoms with van der Waals surface area (Å²) in [7, 11) is 1.93. The molecule has 8 rings (SSSR count). The molecule has 11 nitrogen and oxygen atoms in total. The molecule has 1 saturated carbocycles. The van der Waals surface area contributed by atoms with Crippen molar-refractivity contribution < 1.29 is 14.3 Å². The Hall–Kier alpha value is -4.94. The van der Waals surface area contributed by atoms with E-state index < -0.39 is 5.67 Å². The van der Waals surface area contributed by atoms with Gasteiger partial charge in [-0.25, -0.2) is 9.37 Å². The average Bonchev–Trinajstić information content (AvgIpc) is 4.00. The molecule has 2 aromatic carbocycles. The number of pyridine rings is 1. The number of phenolic OH excluding ortho intramolecular Hbond substituents is 1. The number of para-hydroxylation sites is 1. The highest BCUT2D eigenvalue weighted by Crippen LogP contribution is 2.45. The van der Waals surface area contributed by atoms with Crippen molar-refractivity contribution in [3.8, 4) is 5.75 Å². The summed E-state index contributed by atoms with van der Waals surface area (Å²) in [4.78, 5) is 24.7. The van der Waals surface area contributed by atoms with Gasteiger partial charge in [0, 0.05) is 111 Å². The van der Waals surface area contributed by atoms with Gasteiger partial charge in [-0.3, -0.25) is 4.79 Å². The molecule has 302 valence electrons. The summed E-state index contributed by atoms with van der Waals surface area (Å²) in [5.41, 5.74) is 23.7. The highest BCUT2D eigenvalue weighted by molar-refractivity contribution is 6.31. The first-order chi connectivity index (χ1) is 27.5. The van der Waals surface area contributed by atoms with E-state index in [0.717, 1.165) is 62.2 Å². The SMILES string of the molecule is CNc1cnc2c(c1)c(C1CC1)cn2C1CCN(CC2(F)CCN(C(=O)c3ccc(C4CCCN(C(/C=C(\N)c5ccccc5O)=C(N)N)C4)c(Cl)c3)CC2)CC1. The van der Waals surface area contributed by atoms with Gasteiger partial charge in [0.05, 0.1) is 17.6 Å². The third kappa shape index (κ3) is 8.25. The number of nitrogens with one attached hydrogen (secondary N) is 1. The molecule has 57 heavy (non-hydrogen) atoms. The van der Waals surface area contributed by atoms with Crippen LogP contribution >= 0.6 is 11.6 Å². The van der Waals surface area contributed by atoms with Crippen molar-refractivity contribution >= 4 is 39.9 Å². The fourth-order valence-corrected chi connectivity index (χ4v) is 9.57. The Labute approximate surface area is 339 Å². The predicted molar refractivity (Wildman–Crippen MR) is 226 cm³/mol. The number of allylic oxidation sites excluding steroid dienone is 1. The van der Waals surface area contributed by atoms with Crippen molar-refractivity contribution in [2.45, 2.75) is 74.9 Å². The van der Waals surface area contributed by atoms with Crippen molar-refractivity contribution in [2.75, 3.05) is 58.2 Å². The minimum absolute atomic E-state index is 0.0720. The second-order valence-corrected chi connectivity index (χ2v) is 16.9. The summed E-state index contributed by atoms with van der Waals surface area (Å²) in [5, 5.41) is 15.3. The van der Waals surface area contributed by atoms with Crippen LogP contribution in [0.15, 0.2) is 78.5 Å². The van der Waals surface area contributed by atoms with Gasteiger partial charge < -0.3 is 46.9 Å². The maximum absolute atomic E-state index is 16.4. The lowest BCUT2D eigenvalue weighted by Gasteiger charge is -2.41. The van der Waals surface area contributed by atoms with Gasteiger partial charge in [-0.2, -0.15) is 0 Å². The van der Waals surface area contributed by atoms with E-state index in [2.05, 4.69) is 31.9 Å². The number of piperidine rings is 3. The highest BCUT2D eigenvalue weighted by Gasteiger charge is 2.39. The van der Waals surface area contributed by atoms with E-state index in [1.54, 1.807) is 41.3 Å². The van der Waals surface area contributed by atoms with Crippen LogP contribution in [0.4, 0.5) is 10.1 Å². The lowest BCUT2D eigenvalue weighted by molar-refractivity contribution is 0.0158. The first kappa shape index (κ1) is 38.9. The van der Waals surface area contributed by atoms with Crippen LogP contribution in [0.1, 0.15) is 96.3 Å². The number of rotatable bonds is 10. The van der Waals surface area contributed by atoms with Gasteiger partial charge in [-0.05, 0) is 92.0 Å². The number of aromatic nitrogens is 2. The molecule has 4 aromatic rings. The Balaban J connectivity index is 0.853. The van der Waals surface area contributed by atoms with Crippen molar-refractivity contribution in [3.63, 3.8) is 0 Å². The molecule has 1 atom stereocenters. The first-order valence-electron chi connectivity index (χ1n) is 20.4. The zero-order chi connectivity index (χ0) is 39.8. The Morgan fingerprint density at radius 1 is 0.965 bits per heavy atom. The Morgan fingerprint density at radius 2 is 1.72 bits per heavy atom. The van der Waals surface area contributed by atoms with Gasteiger partial charge in [-0.15, -0.1) is 0 Å².